The van der Waals surface area contributed by atoms with E-state index in [1.54, 1.807) is 49.6 Å². The molecule has 0 saturated heterocycles. The summed E-state index contributed by atoms with van der Waals surface area (Å²) in [6.45, 7) is 0. The Hall–Kier alpha value is -4.67. The van der Waals surface area contributed by atoms with E-state index in [2.05, 4.69) is 12.1 Å². The van der Waals surface area contributed by atoms with Gasteiger partial charge in [0, 0.05) is 23.3 Å². The second-order valence-electron chi connectivity index (χ2n) is 7.64. The van der Waals surface area contributed by atoms with Crippen molar-refractivity contribution in [3.63, 3.8) is 0 Å². The number of rotatable bonds is 6. The summed E-state index contributed by atoms with van der Waals surface area (Å²) in [5, 5.41) is 20.2. The van der Waals surface area contributed by atoms with Crippen molar-refractivity contribution in [3.05, 3.63) is 72.6 Å². The van der Waals surface area contributed by atoms with Crippen LogP contribution in [0.2, 0.25) is 0 Å². The van der Waals surface area contributed by atoms with E-state index >= 15 is 0 Å². The van der Waals surface area contributed by atoms with E-state index in [0.29, 0.717) is 43.3 Å². The average molecular weight is 503 g/mol. The molecule has 0 amide bonds. The van der Waals surface area contributed by atoms with Gasteiger partial charge in [-0.25, -0.2) is 0 Å². The summed E-state index contributed by atoms with van der Waals surface area (Å²) in [6.07, 6.45) is 1.66. The lowest BCUT2D eigenvalue weighted by atomic mass is 9.84. The molecule has 182 valence electrons. The maximum Gasteiger partial charge on any atom is 0.274 e. The molecule has 3 aromatic rings. The van der Waals surface area contributed by atoms with Crippen LogP contribution in [0, 0.1) is 22.7 Å². The molecule has 2 heterocycles. The molecule has 0 fully saturated rings. The van der Waals surface area contributed by atoms with E-state index in [0.717, 1.165) is 11.3 Å². The molecule has 9 nitrogen and oxygen atoms in total. The number of thiazole rings is 1. The highest BCUT2D eigenvalue weighted by Crippen LogP contribution is 2.41. The van der Waals surface area contributed by atoms with E-state index < -0.39 is 11.5 Å². The van der Waals surface area contributed by atoms with E-state index in [9.17, 15) is 15.3 Å². The number of methoxy groups -OCH3 is 4. The molecule has 1 atom stereocenters. The number of benzene rings is 2. The molecule has 0 spiro atoms. The smallest absolute Gasteiger partial charge is 0.274 e. The van der Waals surface area contributed by atoms with Crippen molar-refractivity contribution in [2.75, 3.05) is 28.4 Å². The normalized spacial score (nSPS) is 15.1. The first-order valence-corrected chi connectivity index (χ1v) is 11.5. The second kappa shape index (κ2) is 9.90. The summed E-state index contributed by atoms with van der Waals surface area (Å²) in [7, 11) is 6.09. The highest BCUT2D eigenvalue weighted by atomic mass is 32.1. The molecule has 1 aromatic heterocycles. The van der Waals surface area contributed by atoms with Crippen LogP contribution >= 0.6 is 11.3 Å². The second-order valence-corrected chi connectivity index (χ2v) is 8.67. The van der Waals surface area contributed by atoms with E-state index in [1.165, 1.54) is 25.9 Å². The average Bonchev–Trinajstić information content (AvgIpc) is 3.23. The van der Waals surface area contributed by atoms with Gasteiger partial charge >= 0.3 is 0 Å². The number of hydrogen-bond donors (Lipinski definition) is 1. The number of nitrogens with two attached hydrogens (primary N) is 1. The highest BCUT2D eigenvalue weighted by Gasteiger charge is 2.34. The Morgan fingerprint density at radius 3 is 2.11 bits per heavy atom. The van der Waals surface area contributed by atoms with Crippen molar-refractivity contribution in [3.8, 4) is 35.1 Å². The number of hydrogen-bond acceptors (Lipinski definition) is 9. The van der Waals surface area contributed by atoms with Crippen LogP contribution in [0.4, 0.5) is 0 Å². The van der Waals surface area contributed by atoms with Gasteiger partial charge in [-0.05, 0) is 24.3 Å². The van der Waals surface area contributed by atoms with Gasteiger partial charge in [-0.1, -0.05) is 6.07 Å². The lowest BCUT2D eigenvalue weighted by molar-refractivity contribution is 0.391. The Kier molecular flexibility index (Phi) is 6.73. The minimum absolute atomic E-state index is 0.0306. The van der Waals surface area contributed by atoms with Crippen LogP contribution in [-0.4, -0.2) is 33.0 Å². The molecule has 2 N–H and O–H groups in total. The minimum Gasteiger partial charge on any atom is -0.497 e. The highest BCUT2D eigenvalue weighted by molar-refractivity contribution is 7.07. The first-order chi connectivity index (χ1) is 17.4. The van der Waals surface area contributed by atoms with Crippen molar-refractivity contribution in [2.45, 2.75) is 5.92 Å². The zero-order valence-corrected chi connectivity index (χ0v) is 20.8. The molecule has 36 heavy (non-hydrogen) atoms. The van der Waals surface area contributed by atoms with Gasteiger partial charge in [0.25, 0.3) is 5.56 Å². The Morgan fingerprint density at radius 1 is 0.917 bits per heavy atom. The van der Waals surface area contributed by atoms with Gasteiger partial charge in [-0.15, -0.1) is 11.3 Å². The van der Waals surface area contributed by atoms with Crippen LogP contribution < -0.4 is 39.4 Å². The summed E-state index contributed by atoms with van der Waals surface area (Å²) in [6, 6.07) is 14.6. The number of allylic oxidation sites excluding steroid dienone is 1. The summed E-state index contributed by atoms with van der Waals surface area (Å²) in [5.74, 6) is 1.25. The van der Waals surface area contributed by atoms with Crippen molar-refractivity contribution in [1.29, 1.82) is 10.5 Å². The molecule has 0 saturated carbocycles. The monoisotopic (exact) mass is 502 g/mol. The van der Waals surface area contributed by atoms with Crippen LogP contribution in [0.3, 0.4) is 0 Å². The summed E-state index contributed by atoms with van der Waals surface area (Å²) in [4.78, 5) is 13.4. The number of ether oxygens (including phenoxy) is 4. The number of nitriles is 2. The lowest BCUT2D eigenvalue weighted by Crippen LogP contribution is -2.38. The van der Waals surface area contributed by atoms with Crippen molar-refractivity contribution >= 4 is 28.8 Å². The molecular weight excluding hydrogens is 480 g/mol. The fraction of sp³-hybridized carbons (Fsp3) is 0.192. The molecule has 4 rings (SSSR count). The first-order valence-electron chi connectivity index (χ1n) is 10.6. The molecule has 0 radical (unpaired) electrons. The fourth-order valence-electron chi connectivity index (χ4n) is 4.10. The number of fused-ring (bicyclic) bond motifs is 1. The van der Waals surface area contributed by atoms with Gasteiger partial charge in [-0.2, -0.15) is 10.5 Å². The van der Waals surface area contributed by atoms with Gasteiger partial charge in [0.15, 0.2) is 0 Å². The Labute approximate surface area is 210 Å². The Bertz CT molecular complexity index is 1650. The van der Waals surface area contributed by atoms with Gasteiger partial charge < -0.3 is 24.7 Å². The lowest BCUT2D eigenvalue weighted by Gasteiger charge is -2.24. The summed E-state index contributed by atoms with van der Waals surface area (Å²) >= 11 is 1.11. The predicted octanol–water partition coefficient (Wildman–Crippen LogP) is 1.90. The maximum atomic E-state index is 13.4. The quantitative estimate of drug-likeness (QED) is 0.540. The predicted molar refractivity (Wildman–Crippen MR) is 135 cm³/mol. The zero-order chi connectivity index (χ0) is 26.0. The largest absolute Gasteiger partial charge is 0.497 e. The third-order valence-corrected chi connectivity index (χ3v) is 6.98. The van der Waals surface area contributed by atoms with E-state index in [-0.39, 0.29) is 17.0 Å². The van der Waals surface area contributed by atoms with Crippen LogP contribution in [0.1, 0.15) is 17.0 Å². The first kappa shape index (κ1) is 24.5. The van der Waals surface area contributed by atoms with Crippen molar-refractivity contribution in [2.24, 2.45) is 5.73 Å². The summed E-state index contributed by atoms with van der Waals surface area (Å²) in [5.41, 5.74) is 7.44. The SMILES string of the molecule is COc1ccc(/C=c2\sc3n(c2=O)C(N)=C(C#N)C(c2ccc(OC)cc2OC)C=3C#N)c(OC)c1. The van der Waals surface area contributed by atoms with Crippen molar-refractivity contribution in [1.82, 2.24) is 4.57 Å². The molecule has 10 heteroatoms. The van der Waals surface area contributed by atoms with Gasteiger partial charge in [0.1, 0.15) is 33.5 Å². The molecular formula is C26H22N4O5S. The van der Waals surface area contributed by atoms with Crippen LogP contribution in [-0.2, 0) is 0 Å². The number of nitrogens with zero attached hydrogens (tertiary/aromatic N) is 3. The molecule has 0 bridgehead atoms. The zero-order valence-electron chi connectivity index (χ0n) is 20.0. The molecule has 2 aromatic carbocycles. The van der Waals surface area contributed by atoms with Crippen LogP contribution in [0.5, 0.6) is 23.0 Å². The summed E-state index contributed by atoms with van der Waals surface area (Å²) < 4.78 is 23.4. The fourth-order valence-corrected chi connectivity index (χ4v) is 5.22. The van der Waals surface area contributed by atoms with Crippen LogP contribution in [0.15, 0.2) is 46.8 Å². The topological polar surface area (TPSA) is 133 Å². The molecule has 1 aliphatic rings. The number of aromatic nitrogens is 1. The molecule has 0 aliphatic carbocycles. The van der Waals surface area contributed by atoms with E-state index in [4.69, 9.17) is 24.7 Å². The van der Waals surface area contributed by atoms with E-state index in [1.807, 2.05) is 0 Å². The van der Waals surface area contributed by atoms with Gasteiger partial charge in [0.05, 0.1) is 62.2 Å². The Balaban J connectivity index is 2.03. The standard InChI is InChI=1S/C26H22N4O5S/c1-32-15-6-5-14(20(10-15)34-3)9-22-25(31)30-24(29)18(12-27)23(19(13-28)26(30)36-22)17-8-7-16(33-2)11-21(17)35-4/h5-11,23H,29H2,1-4H3/b22-9-. The van der Waals surface area contributed by atoms with Gasteiger partial charge in [0.2, 0.25) is 0 Å². The van der Waals surface area contributed by atoms with Crippen molar-refractivity contribution < 1.29 is 18.9 Å². The van der Waals surface area contributed by atoms with Crippen LogP contribution in [0.25, 0.3) is 17.5 Å². The maximum absolute atomic E-state index is 13.4. The molecule has 1 aliphatic heterocycles. The minimum atomic E-state index is -0.817. The third-order valence-electron chi connectivity index (χ3n) is 5.87. The third kappa shape index (κ3) is 3.94. The Morgan fingerprint density at radius 2 is 1.53 bits per heavy atom. The molecule has 1 unspecified atom stereocenters. The van der Waals surface area contributed by atoms with Gasteiger partial charge in [-0.3, -0.25) is 9.36 Å².